The van der Waals surface area contributed by atoms with Gasteiger partial charge in [0.1, 0.15) is 0 Å². The zero-order valence-corrected chi connectivity index (χ0v) is 11.2. The molecule has 2 rings (SSSR count). The molecule has 1 aliphatic heterocycles. The van der Waals surface area contributed by atoms with Crippen LogP contribution in [0.25, 0.3) is 0 Å². The summed E-state index contributed by atoms with van der Waals surface area (Å²) in [6, 6.07) is 9.20. The number of nitrogens with zero attached hydrogens (tertiary/aromatic N) is 2. The topological polar surface area (TPSA) is 51.1 Å². The van der Waals surface area contributed by atoms with Crippen molar-refractivity contribution in [1.29, 1.82) is 0 Å². The molecule has 0 atom stereocenters. The lowest BCUT2D eigenvalue weighted by Gasteiger charge is -2.37. The van der Waals surface area contributed by atoms with E-state index in [2.05, 4.69) is 11.6 Å². The fourth-order valence-electron chi connectivity index (χ4n) is 1.96. The highest BCUT2D eigenvalue weighted by molar-refractivity contribution is 6.16. The van der Waals surface area contributed by atoms with Crippen LogP contribution in [0.4, 0.5) is 5.69 Å². The van der Waals surface area contributed by atoms with E-state index in [4.69, 9.17) is 9.47 Å². The molecule has 5 heteroatoms. The third-order valence-electron chi connectivity index (χ3n) is 3.04. The van der Waals surface area contributed by atoms with Crippen LogP contribution in [-0.4, -0.2) is 31.7 Å². The molecule has 100 valence electrons. The monoisotopic (exact) mass is 260 g/mol. The van der Waals surface area contributed by atoms with Gasteiger partial charge in [0.05, 0.1) is 11.4 Å². The van der Waals surface area contributed by atoms with Crippen LogP contribution in [0, 0.1) is 0 Å². The molecule has 19 heavy (non-hydrogen) atoms. The van der Waals surface area contributed by atoms with E-state index in [9.17, 15) is 4.79 Å². The van der Waals surface area contributed by atoms with E-state index >= 15 is 0 Å². The van der Waals surface area contributed by atoms with Crippen LogP contribution in [0.15, 0.2) is 47.6 Å². The van der Waals surface area contributed by atoms with E-state index in [0.29, 0.717) is 17.1 Å². The van der Waals surface area contributed by atoms with Gasteiger partial charge < -0.3 is 9.47 Å². The highest BCUT2D eigenvalue weighted by Gasteiger charge is 2.47. The summed E-state index contributed by atoms with van der Waals surface area (Å²) in [6.45, 7) is 5.66. The van der Waals surface area contributed by atoms with Gasteiger partial charge in [-0.1, -0.05) is 24.8 Å². The highest BCUT2D eigenvalue weighted by Crippen LogP contribution is 2.30. The number of allylic oxidation sites excluding steroid dienone is 1. The summed E-state index contributed by atoms with van der Waals surface area (Å²) >= 11 is 0. The molecule has 1 heterocycles. The van der Waals surface area contributed by atoms with Gasteiger partial charge in [0, 0.05) is 19.9 Å². The van der Waals surface area contributed by atoms with Crippen molar-refractivity contribution in [3.63, 3.8) is 0 Å². The van der Waals surface area contributed by atoms with E-state index in [-0.39, 0.29) is 0 Å². The normalized spacial score (nSPS) is 18.5. The van der Waals surface area contributed by atoms with Crippen molar-refractivity contribution in [2.45, 2.75) is 12.8 Å². The Morgan fingerprint density at radius 3 is 2.32 bits per heavy atom. The highest BCUT2D eigenvalue weighted by atomic mass is 16.7. The first-order valence-electron chi connectivity index (χ1n) is 5.81. The summed E-state index contributed by atoms with van der Waals surface area (Å²) < 4.78 is 10.3. The lowest BCUT2D eigenvalue weighted by molar-refractivity contribution is -0.203. The minimum Gasteiger partial charge on any atom is -0.327 e. The molecule has 0 spiro atoms. The fraction of sp³-hybridized carbons (Fsp3) is 0.286. The van der Waals surface area contributed by atoms with Crippen molar-refractivity contribution in [2.24, 2.45) is 4.99 Å². The molecular weight excluding hydrogens is 244 g/mol. The lowest BCUT2D eigenvalue weighted by atomic mass is 10.1. The smallest absolute Gasteiger partial charge is 0.327 e. The van der Waals surface area contributed by atoms with Gasteiger partial charge >= 0.3 is 11.8 Å². The van der Waals surface area contributed by atoms with E-state index in [1.54, 1.807) is 6.92 Å². The van der Waals surface area contributed by atoms with Crippen molar-refractivity contribution in [3.8, 4) is 0 Å². The molecule has 0 saturated heterocycles. The summed E-state index contributed by atoms with van der Waals surface area (Å²) in [4.78, 5) is 18.2. The van der Waals surface area contributed by atoms with Gasteiger partial charge in [0.2, 0.25) is 0 Å². The Bertz CT molecular complexity index is 533. The van der Waals surface area contributed by atoms with Crippen LogP contribution in [0.5, 0.6) is 0 Å². The van der Waals surface area contributed by atoms with Crippen LogP contribution in [0.1, 0.15) is 6.92 Å². The Morgan fingerprint density at radius 1 is 1.21 bits per heavy atom. The number of anilines is 1. The summed E-state index contributed by atoms with van der Waals surface area (Å²) in [5.41, 5.74) is 1.80. The standard InChI is InChI=1S/C14H16N2O3/c1-10-11(2)16(12-8-6-5-7-9-12)13(17)14(15-10,18-3)19-4/h5-9H,2H2,1,3-4H3. The van der Waals surface area contributed by atoms with Gasteiger partial charge in [-0.2, -0.15) is 0 Å². The van der Waals surface area contributed by atoms with Crippen molar-refractivity contribution in [3.05, 3.63) is 42.6 Å². The Morgan fingerprint density at radius 2 is 1.79 bits per heavy atom. The molecule has 0 radical (unpaired) electrons. The maximum Gasteiger partial charge on any atom is 0.354 e. The van der Waals surface area contributed by atoms with Crippen LogP contribution < -0.4 is 4.90 Å². The maximum absolute atomic E-state index is 12.6. The van der Waals surface area contributed by atoms with Gasteiger partial charge in [-0.15, -0.1) is 0 Å². The Hall–Kier alpha value is -1.98. The van der Waals surface area contributed by atoms with Crippen LogP contribution in [0.3, 0.4) is 0 Å². The van der Waals surface area contributed by atoms with Gasteiger partial charge in [-0.3, -0.25) is 9.69 Å². The average molecular weight is 260 g/mol. The maximum atomic E-state index is 12.6. The molecule has 0 fully saturated rings. The summed E-state index contributed by atoms with van der Waals surface area (Å²) in [5.74, 6) is -2.06. The summed E-state index contributed by atoms with van der Waals surface area (Å²) in [5, 5.41) is 0. The first-order valence-corrected chi connectivity index (χ1v) is 5.81. The molecule has 1 aliphatic rings. The SMILES string of the molecule is C=C1C(C)=NC(OC)(OC)C(=O)N1c1ccccc1. The molecule has 0 N–H and O–H groups in total. The number of aliphatic imine (C=N–C) groups is 1. The average Bonchev–Trinajstić information content (AvgIpc) is 2.44. The minimum absolute atomic E-state index is 0.417. The van der Waals surface area contributed by atoms with Crippen molar-refractivity contribution in [2.75, 3.05) is 19.1 Å². The van der Waals surface area contributed by atoms with Crippen LogP contribution in [0.2, 0.25) is 0 Å². The Balaban J connectivity index is 2.54. The molecular formula is C14H16N2O3. The van der Waals surface area contributed by atoms with E-state index in [1.807, 2.05) is 30.3 Å². The number of methoxy groups -OCH3 is 2. The van der Waals surface area contributed by atoms with Crippen LogP contribution >= 0.6 is 0 Å². The zero-order valence-electron chi connectivity index (χ0n) is 11.2. The molecule has 0 aliphatic carbocycles. The van der Waals surface area contributed by atoms with Crippen molar-refractivity contribution in [1.82, 2.24) is 0 Å². The molecule has 0 unspecified atom stereocenters. The molecule has 5 nitrogen and oxygen atoms in total. The Kier molecular flexibility index (Phi) is 3.50. The Labute approximate surface area is 112 Å². The summed E-state index contributed by atoms with van der Waals surface area (Å²) in [6.07, 6.45) is 0. The first kappa shape index (κ1) is 13.5. The fourth-order valence-corrected chi connectivity index (χ4v) is 1.96. The van der Waals surface area contributed by atoms with Crippen LogP contribution in [-0.2, 0) is 14.3 Å². The second-order valence-electron chi connectivity index (χ2n) is 4.11. The third-order valence-corrected chi connectivity index (χ3v) is 3.04. The second-order valence-corrected chi connectivity index (χ2v) is 4.11. The number of amides is 1. The van der Waals surface area contributed by atoms with Gasteiger partial charge in [0.15, 0.2) is 0 Å². The molecule has 1 amide bonds. The quantitative estimate of drug-likeness (QED) is 0.780. The van der Waals surface area contributed by atoms with E-state index < -0.39 is 11.8 Å². The molecule has 0 aromatic heterocycles. The molecule has 1 aromatic rings. The number of rotatable bonds is 3. The number of benzene rings is 1. The van der Waals surface area contributed by atoms with E-state index in [1.165, 1.54) is 19.1 Å². The molecule has 1 aromatic carbocycles. The lowest BCUT2D eigenvalue weighted by Crippen LogP contribution is -2.54. The van der Waals surface area contributed by atoms with Gasteiger partial charge in [-0.25, -0.2) is 4.99 Å². The predicted molar refractivity (Wildman–Crippen MR) is 72.9 cm³/mol. The molecule has 0 saturated carbocycles. The zero-order chi connectivity index (χ0) is 14.0. The summed E-state index contributed by atoms with van der Waals surface area (Å²) in [7, 11) is 2.77. The second kappa shape index (κ2) is 4.95. The number of ether oxygens (including phenoxy) is 2. The van der Waals surface area contributed by atoms with Crippen molar-refractivity contribution >= 4 is 17.3 Å². The largest absolute Gasteiger partial charge is 0.354 e. The van der Waals surface area contributed by atoms with Crippen molar-refractivity contribution < 1.29 is 14.3 Å². The van der Waals surface area contributed by atoms with Gasteiger partial charge in [0.25, 0.3) is 0 Å². The number of carbonyl (C=O) groups is 1. The minimum atomic E-state index is -1.64. The third kappa shape index (κ3) is 2.07. The van der Waals surface area contributed by atoms with Gasteiger partial charge in [-0.05, 0) is 19.1 Å². The number of carbonyl (C=O) groups excluding carboxylic acids is 1. The number of para-hydroxylation sites is 1. The predicted octanol–water partition coefficient (Wildman–Crippen LogP) is 1.95. The number of hydrogen-bond donors (Lipinski definition) is 0. The number of hydrogen-bond acceptors (Lipinski definition) is 4. The molecule has 0 bridgehead atoms. The first-order chi connectivity index (χ1) is 9.05. The van der Waals surface area contributed by atoms with E-state index in [0.717, 1.165) is 0 Å².